The normalized spacial score (nSPS) is 16.7. The Bertz CT molecular complexity index is 488. The summed E-state index contributed by atoms with van der Waals surface area (Å²) in [6.07, 6.45) is 2.96. The maximum atomic E-state index is 9.54. The Labute approximate surface area is 138 Å². The van der Waals surface area contributed by atoms with Gasteiger partial charge in [0.15, 0.2) is 0 Å². The fraction of sp³-hybridized carbons (Fsp3) is 0.500. The van der Waals surface area contributed by atoms with E-state index in [-0.39, 0.29) is 31.2 Å². The molecular formula is C18H28N2O3. The van der Waals surface area contributed by atoms with Crippen molar-refractivity contribution in [3.63, 3.8) is 0 Å². The summed E-state index contributed by atoms with van der Waals surface area (Å²) >= 11 is 0. The zero-order valence-electron chi connectivity index (χ0n) is 14.2. The van der Waals surface area contributed by atoms with Gasteiger partial charge in [-0.25, -0.2) is 0 Å². The van der Waals surface area contributed by atoms with Crippen LogP contribution >= 0.6 is 0 Å². The van der Waals surface area contributed by atoms with Gasteiger partial charge >= 0.3 is 0 Å². The van der Waals surface area contributed by atoms with Gasteiger partial charge in [0.05, 0.1) is 12.6 Å². The van der Waals surface area contributed by atoms with E-state index in [4.69, 9.17) is 15.2 Å². The maximum absolute atomic E-state index is 9.54. The van der Waals surface area contributed by atoms with Gasteiger partial charge in [0.25, 0.3) is 0 Å². The van der Waals surface area contributed by atoms with E-state index in [0.29, 0.717) is 5.75 Å². The molecule has 4 atom stereocenters. The lowest BCUT2D eigenvalue weighted by atomic mass is 9.96. The van der Waals surface area contributed by atoms with Gasteiger partial charge in [-0.2, -0.15) is 0 Å². The third kappa shape index (κ3) is 6.95. The van der Waals surface area contributed by atoms with Crippen LogP contribution in [0.1, 0.15) is 19.4 Å². The van der Waals surface area contributed by atoms with Crippen LogP contribution in [0.15, 0.2) is 41.9 Å². The van der Waals surface area contributed by atoms with Crippen LogP contribution in [0.25, 0.3) is 0 Å². The molecule has 0 aliphatic heterocycles. The van der Waals surface area contributed by atoms with Crippen molar-refractivity contribution in [1.29, 1.82) is 0 Å². The summed E-state index contributed by atoms with van der Waals surface area (Å²) in [4.78, 5) is 4.54. The van der Waals surface area contributed by atoms with Crippen LogP contribution in [0.3, 0.4) is 0 Å². The average Bonchev–Trinajstić information content (AvgIpc) is 2.57. The lowest BCUT2D eigenvalue weighted by Crippen LogP contribution is -2.32. The SMILES string of the molecule is C=CC(N)[C@H](C)[C@H](C)/N=C/c1ccc(OCC(O)COC)cc1. The Morgan fingerprint density at radius 2 is 1.91 bits per heavy atom. The van der Waals surface area contributed by atoms with E-state index in [1.165, 1.54) is 0 Å². The molecule has 1 rings (SSSR count). The Hall–Kier alpha value is -1.69. The molecule has 0 amide bonds. The van der Waals surface area contributed by atoms with Crippen molar-refractivity contribution in [2.24, 2.45) is 16.6 Å². The van der Waals surface area contributed by atoms with Crippen LogP contribution in [0.2, 0.25) is 0 Å². The Morgan fingerprint density at radius 3 is 2.48 bits per heavy atom. The van der Waals surface area contributed by atoms with Crippen LogP contribution in [0.4, 0.5) is 0 Å². The van der Waals surface area contributed by atoms with E-state index in [9.17, 15) is 5.11 Å². The number of aliphatic hydroxyl groups excluding tert-OH is 1. The number of methoxy groups -OCH3 is 1. The Balaban J connectivity index is 2.53. The predicted molar refractivity (Wildman–Crippen MR) is 94.2 cm³/mol. The number of rotatable bonds is 10. The van der Waals surface area contributed by atoms with Crippen LogP contribution < -0.4 is 10.5 Å². The molecule has 23 heavy (non-hydrogen) atoms. The lowest BCUT2D eigenvalue weighted by molar-refractivity contribution is 0.0325. The van der Waals surface area contributed by atoms with E-state index in [0.717, 1.165) is 5.56 Å². The van der Waals surface area contributed by atoms with Gasteiger partial charge in [-0.15, -0.1) is 6.58 Å². The van der Waals surface area contributed by atoms with Crippen molar-refractivity contribution in [3.05, 3.63) is 42.5 Å². The molecule has 5 nitrogen and oxygen atoms in total. The fourth-order valence-electron chi connectivity index (χ4n) is 1.96. The second-order valence-corrected chi connectivity index (χ2v) is 5.68. The Morgan fingerprint density at radius 1 is 1.26 bits per heavy atom. The number of hydrogen-bond acceptors (Lipinski definition) is 5. The first-order valence-electron chi connectivity index (χ1n) is 7.79. The van der Waals surface area contributed by atoms with E-state index < -0.39 is 6.10 Å². The smallest absolute Gasteiger partial charge is 0.119 e. The highest BCUT2D eigenvalue weighted by molar-refractivity contribution is 5.79. The van der Waals surface area contributed by atoms with Crippen molar-refractivity contribution in [1.82, 2.24) is 0 Å². The first-order chi connectivity index (χ1) is 11.0. The number of aliphatic hydroxyl groups is 1. The average molecular weight is 320 g/mol. The molecule has 0 aliphatic rings. The minimum atomic E-state index is -0.627. The Kier molecular flexibility index (Phi) is 8.55. The van der Waals surface area contributed by atoms with E-state index in [1.54, 1.807) is 13.2 Å². The summed E-state index contributed by atoms with van der Waals surface area (Å²) in [5.41, 5.74) is 6.93. The second-order valence-electron chi connectivity index (χ2n) is 5.68. The van der Waals surface area contributed by atoms with Gasteiger partial charge < -0.3 is 20.3 Å². The third-order valence-corrected chi connectivity index (χ3v) is 3.78. The number of aliphatic imine (C=N–C) groups is 1. The molecule has 2 unspecified atom stereocenters. The van der Waals surface area contributed by atoms with Crippen molar-refractivity contribution in [2.75, 3.05) is 20.3 Å². The van der Waals surface area contributed by atoms with Crippen LogP contribution in [0, 0.1) is 5.92 Å². The summed E-state index contributed by atoms with van der Waals surface area (Å²) in [6.45, 7) is 8.29. The van der Waals surface area contributed by atoms with Crippen LogP contribution in [-0.2, 0) is 4.74 Å². The van der Waals surface area contributed by atoms with Crippen LogP contribution in [-0.4, -0.2) is 49.8 Å². The number of benzene rings is 1. The summed E-state index contributed by atoms with van der Waals surface area (Å²) in [5, 5.41) is 9.54. The molecule has 128 valence electrons. The van der Waals surface area contributed by atoms with Gasteiger partial charge in [-0.1, -0.05) is 13.0 Å². The largest absolute Gasteiger partial charge is 0.491 e. The van der Waals surface area contributed by atoms with Crippen molar-refractivity contribution >= 4 is 6.21 Å². The highest BCUT2D eigenvalue weighted by Crippen LogP contribution is 2.14. The molecule has 5 heteroatoms. The predicted octanol–water partition coefficient (Wildman–Crippen LogP) is 2.03. The van der Waals surface area contributed by atoms with Gasteiger partial charge in [0.1, 0.15) is 18.5 Å². The molecule has 0 aliphatic carbocycles. The fourth-order valence-corrected chi connectivity index (χ4v) is 1.96. The van der Waals surface area contributed by atoms with Crippen molar-refractivity contribution < 1.29 is 14.6 Å². The minimum absolute atomic E-state index is 0.0588. The summed E-state index contributed by atoms with van der Waals surface area (Å²) in [5.74, 6) is 0.932. The molecule has 0 aromatic heterocycles. The third-order valence-electron chi connectivity index (χ3n) is 3.78. The molecule has 0 spiro atoms. The number of nitrogens with two attached hydrogens (primary N) is 1. The van der Waals surface area contributed by atoms with Crippen molar-refractivity contribution in [3.8, 4) is 5.75 Å². The highest BCUT2D eigenvalue weighted by atomic mass is 16.5. The van der Waals surface area contributed by atoms with E-state index in [1.807, 2.05) is 37.4 Å². The first kappa shape index (κ1) is 19.4. The lowest BCUT2D eigenvalue weighted by Gasteiger charge is -2.20. The van der Waals surface area contributed by atoms with Crippen molar-refractivity contribution in [2.45, 2.75) is 32.0 Å². The van der Waals surface area contributed by atoms with Gasteiger partial charge in [0, 0.05) is 19.4 Å². The topological polar surface area (TPSA) is 77.1 Å². The van der Waals surface area contributed by atoms with Crippen LogP contribution in [0.5, 0.6) is 5.75 Å². The molecule has 0 heterocycles. The summed E-state index contributed by atoms with van der Waals surface area (Å²) in [6, 6.07) is 7.60. The molecule has 0 saturated heterocycles. The highest BCUT2D eigenvalue weighted by Gasteiger charge is 2.15. The number of hydrogen-bond donors (Lipinski definition) is 2. The first-order valence-corrected chi connectivity index (χ1v) is 7.79. The van der Waals surface area contributed by atoms with Gasteiger partial charge in [0.2, 0.25) is 0 Å². The standard InChI is InChI=1S/C18H28N2O3/c1-5-18(19)13(2)14(3)20-10-15-6-8-17(9-7-15)23-12-16(21)11-22-4/h5-10,13-14,16,18,21H,1,11-12,19H2,2-4H3/b20-10+/t13-,14+,16?,18?/m1/s1. The zero-order chi connectivity index (χ0) is 17.2. The van der Waals surface area contributed by atoms with E-state index >= 15 is 0 Å². The number of ether oxygens (including phenoxy) is 2. The number of nitrogens with zero attached hydrogens (tertiary/aromatic N) is 1. The molecule has 0 radical (unpaired) electrons. The minimum Gasteiger partial charge on any atom is -0.491 e. The molecular weight excluding hydrogens is 292 g/mol. The maximum Gasteiger partial charge on any atom is 0.119 e. The molecule has 1 aromatic carbocycles. The molecule has 1 aromatic rings. The van der Waals surface area contributed by atoms with Gasteiger partial charge in [-0.3, -0.25) is 4.99 Å². The quantitative estimate of drug-likeness (QED) is 0.511. The zero-order valence-corrected chi connectivity index (χ0v) is 14.2. The second kappa shape index (κ2) is 10.2. The molecule has 0 bridgehead atoms. The molecule has 0 fully saturated rings. The van der Waals surface area contributed by atoms with Gasteiger partial charge in [-0.05, 0) is 42.7 Å². The monoisotopic (exact) mass is 320 g/mol. The molecule has 3 N–H and O–H groups in total. The van der Waals surface area contributed by atoms with E-state index in [2.05, 4.69) is 18.5 Å². The summed E-state index contributed by atoms with van der Waals surface area (Å²) in [7, 11) is 1.54. The molecule has 0 saturated carbocycles. The summed E-state index contributed by atoms with van der Waals surface area (Å²) < 4.78 is 10.3.